The van der Waals surface area contributed by atoms with Gasteiger partial charge in [-0.3, -0.25) is 4.79 Å². The summed E-state index contributed by atoms with van der Waals surface area (Å²) in [6, 6.07) is 5.48. The topological polar surface area (TPSA) is 64.3 Å². The van der Waals surface area contributed by atoms with Gasteiger partial charge < -0.3 is 15.8 Å². The van der Waals surface area contributed by atoms with Gasteiger partial charge in [0.25, 0.3) is 5.91 Å². The van der Waals surface area contributed by atoms with Crippen LogP contribution in [-0.2, 0) is 9.53 Å². The van der Waals surface area contributed by atoms with Crippen LogP contribution in [0.5, 0.6) is 0 Å². The second-order valence-electron chi connectivity index (χ2n) is 4.62. The Morgan fingerprint density at radius 1 is 1.53 bits per heavy atom. The summed E-state index contributed by atoms with van der Waals surface area (Å²) in [6.07, 6.45) is 0.601. The third kappa shape index (κ3) is 2.58. The van der Waals surface area contributed by atoms with E-state index < -0.39 is 0 Å². The van der Waals surface area contributed by atoms with Gasteiger partial charge in [0.2, 0.25) is 0 Å². The highest BCUT2D eigenvalue weighted by Crippen LogP contribution is 2.23. The number of nitrogen functional groups attached to an aromatic ring is 1. The third-order valence-corrected chi connectivity index (χ3v) is 3.17. The molecule has 1 aliphatic rings. The number of hydrogen-bond acceptors (Lipinski definition) is 3. The van der Waals surface area contributed by atoms with Crippen molar-refractivity contribution in [2.24, 2.45) is 5.92 Å². The Labute approximate surface area is 101 Å². The second kappa shape index (κ2) is 4.75. The molecule has 1 aromatic carbocycles. The molecule has 3 N–H and O–H groups in total. The minimum Gasteiger partial charge on any atom is -0.399 e. The summed E-state index contributed by atoms with van der Waals surface area (Å²) in [7, 11) is 0. The summed E-state index contributed by atoms with van der Waals surface area (Å²) >= 11 is 0. The third-order valence-electron chi connectivity index (χ3n) is 3.17. The first-order valence-corrected chi connectivity index (χ1v) is 5.86. The fourth-order valence-corrected chi connectivity index (χ4v) is 2.01. The SMILES string of the molecule is Cc1ccc(N)cc1NC(=O)C1OCCC1C. The standard InChI is InChI=1S/C13H18N2O2/c1-8-3-4-10(14)7-11(8)15-13(16)12-9(2)5-6-17-12/h3-4,7,9,12H,5-6,14H2,1-2H3,(H,15,16). The van der Waals surface area contributed by atoms with Gasteiger partial charge in [-0.25, -0.2) is 0 Å². The van der Waals surface area contributed by atoms with Gasteiger partial charge >= 0.3 is 0 Å². The van der Waals surface area contributed by atoms with Crippen molar-refractivity contribution in [3.05, 3.63) is 23.8 Å². The summed E-state index contributed by atoms with van der Waals surface area (Å²) in [4.78, 5) is 12.0. The Hall–Kier alpha value is -1.55. The maximum atomic E-state index is 12.0. The zero-order valence-corrected chi connectivity index (χ0v) is 10.2. The fraction of sp³-hybridized carbons (Fsp3) is 0.462. The van der Waals surface area contributed by atoms with E-state index in [1.165, 1.54) is 0 Å². The number of carbonyl (C=O) groups excluding carboxylic acids is 1. The summed E-state index contributed by atoms with van der Waals surface area (Å²) in [5, 5.41) is 2.88. The van der Waals surface area contributed by atoms with E-state index in [1.54, 1.807) is 6.07 Å². The van der Waals surface area contributed by atoms with Gasteiger partial charge in [-0.2, -0.15) is 0 Å². The summed E-state index contributed by atoms with van der Waals surface area (Å²) in [6.45, 7) is 4.63. The van der Waals surface area contributed by atoms with Gasteiger partial charge in [-0.15, -0.1) is 0 Å². The molecule has 4 heteroatoms. The molecule has 1 amide bonds. The van der Waals surface area contributed by atoms with Crippen molar-refractivity contribution in [1.82, 2.24) is 0 Å². The highest BCUT2D eigenvalue weighted by atomic mass is 16.5. The van der Waals surface area contributed by atoms with Crippen LogP contribution in [0.15, 0.2) is 18.2 Å². The molecule has 0 aliphatic carbocycles. The lowest BCUT2D eigenvalue weighted by molar-refractivity contribution is -0.126. The van der Waals surface area contributed by atoms with E-state index in [0.29, 0.717) is 12.3 Å². The fourth-order valence-electron chi connectivity index (χ4n) is 2.01. The summed E-state index contributed by atoms with van der Waals surface area (Å²) < 4.78 is 5.43. The lowest BCUT2D eigenvalue weighted by atomic mass is 10.0. The van der Waals surface area contributed by atoms with Gasteiger partial charge in [0.15, 0.2) is 0 Å². The molecule has 1 aromatic rings. The molecular weight excluding hydrogens is 216 g/mol. The van der Waals surface area contributed by atoms with E-state index >= 15 is 0 Å². The number of anilines is 2. The molecule has 4 nitrogen and oxygen atoms in total. The molecule has 2 rings (SSSR count). The van der Waals surface area contributed by atoms with Crippen LogP contribution in [0.4, 0.5) is 11.4 Å². The second-order valence-corrected chi connectivity index (χ2v) is 4.62. The largest absolute Gasteiger partial charge is 0.399 e. The number of ether oxygens (including phenoxy) is 1. The molecule has 1 aliphatic heterocycles. The lowest BCUT2D eigenvalue weighted by Gasteiger charge is -2.16. The molecule has 1 heterocycles. The summed E-state index contributed by atoms with van der Waals surface area (Å²) in [5.41, 5.74) is 8.11. The average Bonchev–Trinajstić information content (AvgIpc) is 2.70. The quantitative estimate of drug-likeness (QED) is 0.769. The van der Waals surface area contributed by atoms with E-state index in [4.69, 9.17) is 10.5 Å². The van der Waals surface area contributed by atoms with Gasteiger partial charge in [0.1, 0.15) is 6.10 Å². The van der Waals surface area contributed by atoms with Crippen LogP contribution in [-0.4, -0.2) is 18.6 Å². The Bertz CT molecular complexity index is 431. The molecule has 0 aromatic heterocycles. The predicted molar refractivity (Wildman–Crippen MR) is 67.7 cm³/mol. The first kappa shape index (κ1) is 11.9. The van der Waals surface area contributed by atoms with Gasteiger partial charge in [0, 0.05) is 18.0 Å². The molecule has 0 bridgehead atoms. The number of hydrogen-bond donors (Lipinski definition) is 2. The number of amides is 1. The zero-order valence-electron chi connectivity index (χ0n) is 10.2. The number of nitrogens with one attached hydrogen (secondary N) is 1. The molecule has 0 radical (unpaired) electrons. The molecule has 1 fully saturated rings. The van der Waals surface area contributed by atoms with E-state index in [-0.39, 0.29) is 17.9 Å². The Morgan fingerprint density at radius 3 is 2.94 bits per heavy atom. The first-order chi connectivity index (χ1) is 8.08. The van der Waals surface area contributed by atoms with Crippen LogP contribution < -0.4 is 11.1 Å². The van der Waals surface area contributed by atoms with E-state index in [1.807, 2.05) is 26.0 Å². The van der Waals surface area contributed by atoms with Crippen molar-refractivity contribution in [3.63, 3.8) is 0 Å². The van der Waals surface area contributed by atoms with Crippen molar-refractivity contribution >= 4 is 17.3 Å². The van der Waals surface area contributed by atoms with Crippen molar-refractivity contribution in [2.75, 3.05) is 17.7 Å². The van der Waals surface area contributed by atoms with Crippen molar-refractivity contribution < 1.29 is 9.53 Å². The molecule has 0 saturated carbocycles. The van der Waals surface area contributed by atoms with Crippen molar-refractivity contribution in [3.8, 4) is 0 Å². The zero-order chi connectivity index (χ0) is 12.4. The highest BCUT2D eigenvalue weighted by Gasteiger charge is 2.30. The van der Waals surface area contributed by atoms with Crippen LogP contribution in [0, 0.1) is 12.8 Å². The van der Waals surface area contributed by atoms with Crippen LogP contribution in [0.1, 0.15) is 18.9 Å². The molecule has 2 atom stereocenters. The number of benzene rings is 1. The van der Waals surface area contributed by atoms with E-state index in [2.05, 4.69) is 5.32 Å². The van der Waals surface area contributed by atoms with Crippen molar-refractivity contribution in [1.29, 1.82) is 0 Å². The average molecular weight is 234 g/mol. The Balaban J connectivity index is 2.10. The molecule has 2 unspecified atom stereocenters. The van der Waals surface area contributed by atoms with Crippen LogP contribution in [0.3, 0.4) is 0 Å². The number of aryl methyl sites for hydroxylation is 1. The van der Waals surface area contributed by atoms with Crippen LogP contribution in [0.2, 0.25) is 0 Å². The minimum atomic E-state index is -0.337. The minimum absolute atomic E-state index is 0.0799. The van der Waals surface area contributed by atoms with Crippen molar-refractivity contribution in [2.45, 2.75) is 26.4 Å². The molecule has 17 heavy (non-hydrogen) atoms. The highest BCUT2D eigenvalue weighted by molar-refractivity contribution is 5.95. The summed E-state index contributed by atoms with van der Waals surface area (Å²) in [5.74, 6) is 0.195. The van der Waals surface area contributed by atoms with Crippen LogP contribution >= 0.6 is 0 Å². The monoisotopic (exact) mass is 234 g/mol. The number of carbonyl (C=O) groups is 1. The molecule has 0 spiro atoms. The predicted octanol–water partition coefficient (Wildman–Crippen LogP) is 1.94. The van der Waals surface area contributed by atoms with Gasteiger partial charge in [0.05, 0.1) is 0 Å². The van der Waals surface area contributed by atoms with Gasteiger partial charge in [-0.05, 0) is 37.0 Å². The maximum Gasteiger partial charge on any atom is 0.253 e. The normalized spacial score (nSPS) is 23.6. The Morgan fingerprint density at radius 2 is 2.29 bits per heavy atom. The number of nitrogens with two attached hydrogens (primary N) is 1. The maximum absolute atomic E-state index is 12.0. The van der Waals surface area contributed by atoms with Crippen LogP contribution in [0.25, 0.3) is 0 Å². The Kier molecular flexibility index (Phi) is 3.33. The lowest BCUT2D eigenvalue weighted by Crippen LogP contribution is -2.31. The first-order valence-electron chi connectivity index (χ1n) is 5.86. The molecular formula is C13H18N2O2. The van der Waals surface area contributed by atoms with E-state index in [0.717, 1.165) is 17.7 Å². The van der Waals surface area contributed by atoms with E-state index in [9.17, 15) is 4.79 Å². The number of rotatable bonds is 2. The smallest absolute Gasteiger partial charge is 0.253 e. The van der Waals surface area contributed by atoms with Gasteiger partial charge in [-0.1, -0.05) is 13.0 Å². The molecule has 1 saturated heterocycles. The molecule has 92 valence electrons.